The van der Waals surface area contributed by atoms with Crippen LogP contribution in [-0.4, -0.2) is 34.4 Å². The first-order valence-corrected chi connectivity index (χ1v) is 10.5. The van der Waals surface area contributed by atoms with Crippen LogP contribution in [0.2, 0.25) is 10.0 Å². The molecule has 0 saturated carbocycles. The van der Waals surface area contributed by atoms with Crippen molar-refractivity contribution in [2.45, 2.75) is 25.2 Å². The zero-order chi connectivity index (χ0) is 21.1. The molecule has 2 N–H and O–H groups in total. The highest BCUT2D eigenvalue weighted by atomic mass is 35.5. The molecule has 1 aliphatic rings. The standard InChI is InChI=1S/C23H22Cl2N2O3/c24-19-5-2-1-4-18(19)22(29)15-7-8-21(16(12-15)14-28)27-11-9-17(13-27)30-23-20(25)6-3-10-26-23/h1-8,10,12,17,22,28-29H,9,11,13-14H2/t17-,22?/m0/s1. The van der Waals surface area contributed by atoms with E-state index >= 15 is 0 Å². The minimum absolute atomic E-state index is 0.0441. The number of halogens is 2. The average Bonchev–Trinajstić information content (AvgIpc) is 3.23. The van der Waals surface area contributed by atoms with Crippen molar-refractivity contribution in [2.75, 3.05) is 18.0 Å². The Bertz CT molecular complexity index is 1030. The molecule has 2 aromatic carbocycles. The quantitative estimate of drug-likeness (QED) is 0.580. The second kappa shape index (κ2) is 9.23. The molecule has 0 bridgehead atoms. The molecule has 2 atom stereocenters. The van der Waals surface area contributed by atoms with Gasteiger partial charge in [-0.2, -0.15) is 0 Å². The van der Waals surface area contributed by atoms with Gasteiger partial charge in [-0.3, -0.25) is 0 Å². The Kier molecular flexibility index (Phi) is 6.44. The summed E-state index contributed by atoms with van der Waals surface area (Å²) in [4.78, 5) is 6.35. The van der Waals surface area contributed by atoms with Crippen molar-refractivity contribution in [3.63, 3.8) is 0 Å². The fourth-order valence-electron chi connectivity index (χ4n) is 3.75. The zero-order valence-electron chi connectivity index (χ0n) is 16.2. The fourth-order valence-corrected chi connectivity index (χ4v) is 4.15. The molecule has 30 heavy (non-hydrogen) atoms. The van der Waals surface area contributed by atoms with Gasteiger partial charge in [-0.15, -0.1) is 0 Å². The van der Waals surface area contributed by atoms with Gasteiger partial charge in [0.1, 0.15) is 17.2 Å². The lowest BCUT2D eigenvalue weighted by molar-refractivity contribution is 0.216. The summed E-state index contributed by atoms with van der Waals surface area (Å²) in [5, 5.41) is 21.7. The van der Waals surface area contributed by atoms with Gasteiger partial charge in [0.2, 0.25) is 5.88 Å². The molecule has 0 aliphatic carbocycles. The number of aliphatic hydroxyl groups is 2. The Morgan fingerprint density at radius 3 is 2.67 bits per heavy atom. The van der Waals surface area contributed by atoms with E-state index in [4.69, 9.17) is 27.9 Å². The average molecular weight is 445 g/mol. The Morgan fingerprint density at radius 1 is 1.10 bits per heavy atom. The molecule has 5 nitrogen and oxygen atoms in total. The number of benzene rings is 2. The van der Waals surface area contributed by atoms with Gasteiger partial charge in [0.15, 0.2) is 0 Å². The van der Waals surface area contributed by atoms with Crippen LogP contribution in [0.3, 0.4) is 0 Å². The van der Waals surface area contributed by atoms with Crippen molar-refractivity contribution in [2.24, 2.45) is 0 Å². The third-order valence-electron chi connectivity index (χ3n) is 5.28. The molecule has 1 unspecified atom stereocenters. The van der Waals surface area contributed by atoms with Gasteiger partial charge in [-0.1, -0.05) is 47.5 Å². The van der Waals surface area contributed by atoms with Gasteiger partial charge in [-0.25, -0.2) is 4.98 Å². The number of nitrogens with zero attached hydrogens (tertiary/aromatic N) is 2. The van der Waals surface area contributed by atoms with Gasteiger partial charge in [-0.05, 0) is 35.9 Å². The Hall–Kier alpha value is -2.31. The Balaban J connectivity index is 1.51. The second-order valence-corrected chi connectivity index (χ2v) is 8.05. The van der Waals surface area contributed by atoms with Crippen LogP contribution in [0.1, 0.15) is 29.2 Å². The normalized spacial score (nSPS) is 17.2. The number of aromatic nitrogens is 1. The molecule has 7 heteroatoms. The van der Waals surface area contributed by atoms with E-state index in [1.165, 1.54) is 0 Å². The van der Waals surface area contributed by atoms with Crippen LogP contribution in [0.15, 0.2) is 60.8 Å². The largest absolute Gasteiger partial charge is 0.471 e. The van der Waals surface area contributed by atoms with Crippen molar-refractivity contribution in [1.82, 2.24) is 4.98 Å². The predicted octanol–water partition coefficient (Wildman–Crippen LogP) is 4.62. The van der Waals surface area contributed by atoms with Crippen LogP contribution in [0.4, 0.5) is 5.69 Å². The first kappa shape index (κ1) is 20.9. The smallest absolute Gasteiger partial charge is 0.232 e. The fraction of sp³-hybridized carbons (Fsp3) is 0.261. The van der Waals surface area contributed by atoms with Crippen LogP contribution >= 0.6 is 23.2 Å². The molecule has 2 heterocycles. The molecule has 0 radical (unpaired) electrons. The van der Waals surface area contributed by atoms with E-state index in [9.17, 15) is 10.2 Å². The summed E-state index contributed by atoms with van der Waals surface area (Å²) in [6, 6.07) is 16.3. The molecule has 4 rings (SSSR count). The van der Waals surface area contributed by atoms with Crippen LogP contribution in [0, 0.1) is 0 Å². The molecule has 1 fully saturated rings. The summed E-state index contributed by atoms with van der Waals surface area (Å²) < 4.78 is 5.96. The number of ether oxygens (including phenoxy) is 1. The van der Waals surface area contributed by atoms with Crippen LogP contribution in [0.25, 0.3) is 0 Å². The monoisotopic (exact) mass is 444 g/mol. The molecule has 156 valence electrons. The van der Waals surface area contributed by atoms with Gasteiger partial charge < -0.3 is 19.8 Å². The number of rotatable bonds is 6. The molecular weight excluding hydrogens is 423 g/mol. The van der Waals surface area contributed by atoms with Crippen LogP contribution in [0.5, 0.6) is 5.88 Å². The maximum Gasteiger partial charge on any atom is 0.232 e. The summed E-state index contributed by atoms with van der Waals surface area (Å²) in [5.41, 5.74) is 2.99. The Morgan fingerprint density at radius 2 is 1.90 bits per heavy atom. The van der Waals surface area contributed by atoms with E-state index in [2.05, 4.69) is 9.88 Å². The summed E-state index contributed by atoms with van der Waals surface area (Å²) in [6.07, 6.45) is 1.57. The molecule has 1 saturated heterocycles. The second-order valence-electron chi connectivity index (χ2n) is 7.24. The van der Waals surface area contributed by atoms with E-state index in [0.29, 0.717) is 33.6 Å². The highest BCUT2D eigenvalue weighted by molar-refractivity contribution is 6.31. The first-order chi connectivity index (χ1) is 14.6. The molecule has 0 amide bonds. The SMILES string of the molecule is OCc1cc(C(O)c2ccccc2Cl)ccc1N1CC[C@H](Oc2ncccc2Cl)C1. The third-order valence-corrected chi connectivity index (χ3v) is 5.91. The van der Waals surface area contributed by atoms with Crippen molar-refractivity contribution >= 4 is 28.9 Å². The predicted molar refractivity (Wildman–Crippen MR) is 118 cm³/mol. The van der Waals surface area contributed by atoms with E-state index < -0.39 is 6.10 Å². The summed E-state index contributed by atoms with van der Waals surface area (Å²) in [7, 11) is 0. The summed E-state index contributed by atoms with van der Waals surface area (Å²) in [5.74, 6) is 0.437. The summed E-state index contributed by atoms with van der Waals surface area (Å²) >= 11 is 12.4. The van der Waals surface area contributed by atoms with Gasteiger partial charge in [0, 0.05) is 41.0 Å². The molecular formula is C23H22Cl2N2O3. The number of aliphatic hydroxyl groups excluding tert-OH is 2. The Labute approximate surface area is 185 Å². The zero-order valence-corrected chi connectivity index (χ0v) is 17.7. The van der Waals surface area contributed by atoms with Crippen LogP contribution < -0.4 is 9.64 Å². The number of anilines is 1. The van der Waals surface area contributed by atoms with Gasteiger partial charge >= 0.3 is 0 Å². The molecule has 1 aromatic heterocycles. The number of pyridine rings is 1. The first-order valence-electron chi connectivity index (χ1n) is 9.75. The number of hydrogen-bond acceptors (Lipinski definition) is 5. The van der Waals surface area contributed by atoms with Crippen molar-refractivity contribution in [3.8, 4) is 5.88 Å². The highest BCUT2D eigenvalue weighted by Gasteiger charge is 2.27. The minimum atomic E-state index is -0.862. The molecule has 1 aliphatic heterocycles. The van der Waals surface area contributed by atoms with Crippen molar-refractivity contribution in [3.05, 3.63) is 87.5 Å². The number of hydrogen-bond donors (Lipinski definition) is 2. The van der Waals surface area contributed by atoms with Crippen molar-refractivity contribution < 1.29 is 14.9 Å². The maximum absolute atomic E-state index is 10.8. The topological polar surface area (TPSA) is 65.8 Å². The third kappa shape index (κ3) is 4.40. The van der Waals surface area contributed by atoms with Gasteiger partial charge in [0.25, 0.3) is 0 Å². The van der Waals surface area contributed by atoms with E-state index in [-0.39, 0.29) is 12.7 Å². The van der Waals surface area contributed by atoms with Crippen LogP contribution in [-0.2, 0) is 6.61 Å². The van der Waals surface area contributed by atoms with E-state index in [0.717, 1.165) is 24.2 Å². The summed E-state index contributed by atoms with van der Waals surface area (Å²) in [6.45, 7) is 1.31. The highest BCUT2D eigenvalue weighted by Crippen LogP contribution is 2.33. The maximum atomic E-state index is 10.8. The lowest BCUT2D eigenvalue weighted by atomic mass is 9.98. The van der Waals surface area contributed by atoms with Crippen molar-refractivity contribution in [1.29, 1.82) is 0 Å². The minimum Gasteiger partial charge on any atom is -0.471 e. The van der Waals surface area contributed by atoms with Gasteiger partial charge in [0.05, 0.1) is 13.2 Å². The molecule has 3 aromatic rings. The molecule has 0 spiro atoms. The van der Waals surface area contributed by atoms with E-state index in [1.54, 1.807) is 30.5 Å². The van der Waals surface area contributed by atoms with E-state index in [1.807, 2.05) is 30.3 Å². The lowest BCUT2D eigenvalue weighted by Crippen LogP contribution is -2.25. The lowest BCUT2D eigenvalue weighted by Gasteiger charge is -2.23.